The molecule has 1 aromatic rings. The molecule has 0 aromatic heterocycles. The molecule has 1 aliphatic rings. The molecule has 0 aliphatic carbocycles. The van der Waals surface area contributed by atoms with Crippen molar-refractivity contribution in [2.24, 2.45) is 0 Å². The van der Waals surface area contributed by atoms with Gasteiger partial charge in [0.25, 0.3) is 0 Å². The molecule has 2 rings (SSSR count). The summed E-state index contributed by atoms with van der Waals surface area (Å²) in [6.07, 6.45) is 1.20. The zero-order valence-electron chi connectivity index (χ0n) is 8.53. The summed E-state index contributed by atoms with van der Waals surface area (Å²) >= 11 is 0. The van der Waals surface area contributed by atoms with E-state index in [0.29, 0.717) is 12.0 Å². The summed E-state index contributed by atoms with van der Waals surface area (Å²) in [7, 11) is 0. The second-order valence-corrected chi connectivity index (χ2v) is 4.15. The fourth-order valence-electron chi connectivity index (χ4n) is 2.14. The van der Waals surface area contributed by atoms with Crippen molar-refractivity contribution >= 4 is 0 Å². The third kappa shape index (κ3) is 1.97. The molecule has 14 heavy (non-hydrogen) atoms. The highest BCUT2D eigenvalue weighted by molar-refractivity contribution is 5.27. The molecule has 2 atom stereocenters. The molecular weight excluding hydrogens is 174 g/mol. The fourth-order valence-corrected chi connectivity index (χ4v) is 2.14. The molecule has 1 aliphatic heterocycles. The normalized spacial score (nSPS) is 26.7. The van der Waals surface area contributed by atoms with Gasteiger partial charge in [0.05, 0.1) is 6.61 Å². The van der Waals surface area contributed by atoms with Crippen LogP contribution in [0.5, 0.6) is 0 Å². The van der Waals surface area contributed by atoms with Crippen LogP contribution < -0.4 is 5.32 Å². The first-order valence-electron chi connectivity index (χ1n) is 5.22. The Labute approximate surface area is 85.0 Å². The lowest BCUT2D eigenvalue weighted by molar-refractivity contribution is 0.281. The number of hydrogen-bond donors (Lipinski definition) is 2. The molecule has 1 saturated heterocycles. The third-order valence-corrected chi connectivity index (χ3v) is 2.96. The summed E-state index contributed by atoms with van der Waals surface area (Å²) in [6, 6.07) is 8.89. The Hall–Kier alpha value is -0.860. The minimum Gasteiger partial charge on any atom is -0.392 e. The second-order valence-electron chi connectivity index (χ2n) is 4.15. The quantitative estimate of drug-likeness (QED) is 0.745. The van der Waals surface area contributed by atoms with E-state index in [2.05, 4.69) is 24.4 Å². The van der Waals surface area contributed by atoms with Gasteiger partial charge >= 0.3 is 0 Å². The van der Waals surface area contributed by atoms with E-state index in [1.54, 1.807) is 0 Å². The Bertz CT molecular complexity index is 311. The largest absolute Gasteiger partial charge is 0.392 e. The van der Waals surface area contributed by atoms with Gasteiger partial charge in [-0.1, -0.05) is 24.3 Å². The molecule has 1 heterocycles. The van der Waals surface area contributed by atoms with E-state index in [1.807, 2.05) is 12.1 Å². The molecule has 0 spiro atoms. The van der Waals surface area contributed by atoms with Gasteiger partial charge in [-0.25, -0.2) is 0 Å². The number of aliphatic hydroxyl groups excluding tert-OH is 1. The van der Waals surface area contributed by atoms with E-state index in [0.717, 1.165) is 12.1 Å². The minimum atomic E-state index is 0.142. The van der Waals surface area contributed by atoms with Crippen LogP contribution in [-0.2, 0) is 6.61 Å². The van der Waals surface area contributed by atoms with E-state index in [-0.39, 0.29) is 6.61 Å². The molecule has 0 amide bonds. The van der Waals surface area contributed by atoms with Crippen molar-refractivity contribution in [1.82, 2.24) is 5.32 Å². The summed E-state index contributed by atoms with van der Waals surface area (Å²) in [6.45, 7) is 3.43. The van der Waals surface area contributed by atoms with Gasteiger partial charge in [-0.2, -0.15) is 0 Å². The Kier molecular flexibility index (Phi) is 2.85. The molecule has 1 aromatic carbocycles. The van der Waals surface area contributed by atoms with E-state index in [4.69, 9.17) is 5.11 Å². The Balaban J connectivity index is 2.15. The molecule has 2 nitrogen and oxygen atoms in total. The lowest BCUT2D eigenvalue weighted by Crippen LogP contribution is -2.16. The lowest BCUT2D eigenvalue weighted by Gasteiger charge is -2.09. The third-order valence-electron chi connectivity index (χ3n) is 2.96. The van der Waals surface area contributed by atoms with Gasteiger partial charge in [-0.15, -0.1) is 0 Å². The molecule has 2 unspecified atom stereocenters. The zero-order chi connectivity index (χ0) is 9.97. The summed E-state index contributed by atoms with van der Waals surface area (Å²) in [4.78, 5) is 0. The van der Waals surface area contributed by atoms with Gasteiger partial charge in [0.15, 0.2) is 0 Å². The van der Waals surface area contributed by atoms with Crippen LogP contribution in [0.3, 0.4) is 0 Å². The van der Waals surface area contributed by atoms with Gasteiger partial charge in [0.2, 0.25) is 0 Å². The molecule has 0 saturated carbocycles. The van der Waals surface area contributed by atoms with E-state index in [1.165, 1.54) is 12.0 Å². The van der Waals surface area contributed by atoms with Crippen LogP contribution in [0, 0.1) is 0 Å². The number of benzene rings is 1. The average molecular weight is 191 g/mol. The minimum absolute atomic E-state index is 0.142. The van der Waals surface area contributed by atoms with Crippen LogP contribution in [0.2, 0.25) is 0 Å². The van der Waals surface area contributed by atoms with Crippen LogP contribution in [0.1, 0.15) is 30.4 Å². The molecule has 1 fully saturated rings. The smallest absolute Gasteiger partial charge is 0.0681 e. The maximum atomic E-state index is 9.04. The summed E-state index contributed by atoms with van der Waals surface area (Å²) in [5, 5.41) is 12.5. The van der Waals surface area contributed by atoms with E-state index >= 15 is 0 Å². The van der Waals surface area contributed by atoms with Gasteiger partial charge in [0, 0.05) is 12.6 Å². The van der Waals surface area contributed by atoms with Crippen LogP contribution in [0.4, 0.5) is 0 Å². The summed E-state index contributed by atoms with van der Waals surface area (Å²) in [5.74, 6) is 0.622. The highest BCUT2D eigenvalue weighted by atomic mass is 16.3. The van der Waals surface area contributed by atoms with Crippen molar-refractivity contribution in [2.75, 3.05) is 6.54 Å². The van der Waals surface area contributed by atoms with E-state index in [9.17, 15) is 0 Å². The first-order valence-corrected chi connectivity index (χ1v) is 5.22. The predicted molar refractivity (Wildman–Crippen MR) is 57.2 cm³/mol. The first kappa shape index (κ1) is 9.69. The summed E-state index contributed by atoms with van der Waals surface area (Å²) < 4.78 is 0. The first-order chi connectivity index (χ1) is 6.79. The topological polar surface area (TPSA) is 32.3 Å². The molecule has 2 heteroatoms. The maximum Gasteiger partial charge on any atom is 0.0681 e. The Morgan fingerprint density at radius 3 is 3.00 bits per heavy atom. The Morgan fingerprint density at radius 2 is 2.36 bits per heavy atom. The van der Waals surface area contributed by atoms with Crippen LogP contribution in [-0.4, -0.2) is 17.7 Å². The van der Waals surface area contributed by atoms with Gasteiger partial charge < -0.3 is 10.4 Å². The lowest BCUT2D eigenvalue weighted by atomic mass is 9.95. The second kappa shape index (κ2) is 4.11. The SMILES string of the molecule is CC1CC(c2cccc(CO)c2)CN1. The zero-order valence-corrected chi connectivity index (χ0v) is 8.53. The number of nitrogens with one attached hydrogen (secondary N) is 1. The van der Waals surface area contributed by atoms with Gasteiger partial charge in [-0.3, -0.25) is 0 Å². The maximum absolute atomic E-state index is 9.04. The van der Waals surface area contributed by atoms with E-state index < -0.39 is 0 Å². The van der Waals surface area contributed by atoms with Crippen molar-refractivity contribution in [3.63, 3.8) is 0 Å². The number of hydrogen-bond acceptors (Lipinski definition) is 2. The van der Waals surface area contributed by atoms with Crippen LogP contribution in [0.25, 0.3) is 0 Å². The average Bonchev–Trinajstić information content (AvgIpc) is 2.65. The Morgan fingerprint density at radius 1 is 1.50 bits per heavy atom. The van der Waals surface area contributed by atoms with Crippen molar-refractivity contribution in [3.8, 4) is 0 Å². The van der Waals surface area contributed by atoms with Crippen molar-refractivity contribution < 1.29 is 5.11 Å². The van der Waals surface area contributed by atoms with Crippen molar-refractivity contribution in [1.29, 1.82) is 0 Å². The summed E-state index contributed by atoms with van der Waals surface area (Å²) in [5.41, 5.74) is 2.37. The van der Waals surface area contributed by atoms with Crippen LogP contribution >= 0.6 is 0 Å². The molecule has 76 valence electrons. The highest BCUT2D eigenvalue weighted by Gasteiger charge is 2.21. The molecule has 0 bridgehead atoms. The predicted octanol–water partition coefficient (Wildman–Crippen LogP) is 1.64. The van der Waals surface area contributed by atoms with Crippen LogP contribution in [0.15, 0.2) is 24.3 Å². The highest BCUT2D eigenvalue weighted by Crippen LogP contribution is 2.25. The molecule has 0 radical (unpaired) electrons. The standard InChI is InChI=1S/C12H17NO/c1-9-5-12(7-13-9)11-4-2-3-10(6-11)8-14/h2-4,6,9,12-14H,5,7-8H2,1H3. The number of aliphatic hydroxyl groups is 1. The number of rotatable bonds is 2. The van der Waals surface area contributed by atoms with Gasteiger partial charge in [-0.05, 0) is 30.4 Å². The van der Waals surface area contributed by atoms with Crippen molar-refractivity contribution in [3.05, 3.63) is 35.4 Å². The van der Waals surface area contributed by atoms with Gasteiger partial charge in [0.1, 0.15) is 0 Å². The molecular formula is C12H17NO. The fraction of sp³-hybridized carbons (Fsp3) is 0.500. The monoisotopic (exact) mass is 191 g/mol. The van der Waals surface area contributed by atoms with Crippen molar-refractivity contribution in [2.45, 2.75) is 31.9 Å². The molecule has 2 N–H and O–H groups in total.